The molecule has 6 heteroatoms. The second-order valence-electron chi connectivity index (χ2n) is 10.8. The van der Waals surface area contributed by atoms with Crippen molar-refractivity contribution >= 4 is 28.9 Å². The lowest BCUT2D eigenvalue weighted by molar-refractivity contribution is -0.118. The fraction of sp³-hybridized carbons (Fsp3) is 0.406. The monoisotopic (exact) mass is 532 g/mol. The van der Waals surface area contributed by atoms with Gasteiger partial charge in [-0.2, -0.15) is 0 Å². The van der Waals surface area contributed by atoms with E-state index in [1.54, 1.807) is 0 Å². The Balaban J connectivity index is 1.18. The molecule has 0 aliphatic carbocycles. The van der Waals surface area contributed by atoms with Crippen molar-refractivity contribution in [3.8, 4) is 5.75 Å². The first-order valence-corrected chi connectivity index (χ1v) is 14.1. The number of carbonyl (C=O) groups excluding carboxylic acids is 1. The molecule has 5 nitrogen and oxygen atoms in total. The van der Waals surface area contributed by atoms with Gasteiger partial charge in [0.25, 0.3) is 5.91 Å². The molecule has 200 valence electrons. The maximum atomic E-state index is 12.6. The van der Waals surface area contributed by atoms with E-state index in [0.29, 0.717) is 30.1 Å². The number of nitrogens with zero attached hydrogens (tertiary/aromatic N) is 1. The topological polar surface area (TPSA) is 50.8 Å². The quantitative estimate of drug-likeness (QED) is 0.327. The highest BCUT2D eigenvalue weighted by atomic mass is 35.5. The number of hydrogen-bond acceptors (Lipinski definition) is 4. The van der Waals surface area contributed by atoms with Crippen LogP contribution in [0.25, 0.3) is 0 Å². The van der Waals surface area contributed by atoms with Gasteiger partial charge in [-0.25, -0.2) is 0 Å². The first-order valence-electron chi connectivity index (χ1n) is 13.7. The highest BCUT2D eigenvalue weighted by Gasteiger charge is 2.35. The summed E-state index contributed by atoms with van der Waals surface area (Å²) in [6.07, 6.45) is 3.50. The molecule has 1 N–H and O–H groups in total. The van der Waals surface area contributed by atoms with Gasteiger partial charge in [0.1, 0.15) is 5.75 Å². The molecule has 1 amide bonds. The van der Waals surface area contributed by atoms with Gasteiger partial charge in [0.15, 0.2) is 6.61 Å². The Morgan fingerprint density at radius 2 is 1.76 bits per heavy atom. The molecule has 0 unspecified atom stereocenters. The summed E-state index contributed by atoms with van der Waals surface area (Å²) >= 11 is 6.25. The first-order chi connectivity index (χ1) is 18.5. The number of benzene rings is 3. The predicted molar refractivity (Wildman–Crippen MR) is 154 cm³/mol. The van der Waals surface area contributed by atoms with E-state index in [9.17, 15) is 4.79 Å². The Kier molecular flexibility index (Phi) is 8.55. The van der Waals surface area contributed by atoms with Gasteiger partial charge in [0.2, 0.25) is 0 Å². The zero-order valence-electron chi connectivity index (χ0n) is 22.2. The van der Waals surface area contributed by atoms with E-state index in [2.05, 4.69) is 54.4 Å². The van der Waals surface area contributed by atoms with Crippen LogP contribution in [0.1, 0.15) is 56.3 Å². The number of carbonyl (C=O) groups is 1. The summed E-state index contributed by atoms with van der Waals surface area (Å²) in [5, 5.41) is 3.70. The van der Waals surface area contributed by atoms with Gasteiger partial charge in [-0.15, -0.1) is 0 Å². The van der Waals surface area contributed by atoms with Gasteiger partial charge in [-0.1, -0.05) is 49.7 Å². The van der Waals surface area contributed by atoms with Crippen molar-refractivity contribution in [2.45, 2.75) is 45.1 Å². The molecule has 3 aromatic carbocycles. The minimum Gasteiger partial charge on any atom is -0.484 e. The van der Waals surface area contributed by atoms with Crippen molar-refractivity contribution < 1.29 is 14.3 Å². The molecular weight excluding hydrogens is 496 g/mol. The molecule has 38 heavy (non-hydrogen) atoms. The molecule has 2 aliphatic rings. The lowest BCUT2D eigenvalue weighted by atomic mass is 9.76. The molecule has 0 spiro atoms. The summed E-state index contributed by atoms with van der Waals surface area (Å²) in [7, 11) is 0. The van der Waals surface area contributed by atoms with Crippen molar-refractivity contribution in [2.75, 3.05) is 36.5 Å². The van der Waals surface area contributed by atoms with Gasteiger partial charge >= 0.3 is 0 Å². The van der Waals surface area contributed by atoms with Crippen LogP contribution in [0.15, 0.2) is 72.8 Å². The van der Waals surface area contributed by atoms with E-state index in [4.69, 9.17) is 21.1 Å². The molecular formula is C32H37ClN2O3. The van der Waals surface area contributed by atoms with E-state index in [0.717, 1.165) is 35.8 Å². The number of rotatable bonds is 8. The summed E-state index contributed by atoms with van der Waals surface area (Å²) in [6, 6.07) is 24.1. The smallest absolute Gasteiger partial charge is 0.262 e. The average molecular weight is 533 g/mol. The van der Waals surface area contributed by atoms with Gasteiger partial charge in [-0.3, -0.25) is 4.79 Å². The SMILES string of the molecule is CC(C)[C@@H]1C[C@H](c2cccc(Cl)c2)CO[C@H]1c1cccc(OCC(=O)Nc2ccc(N3CCCC3)cc2)c1. The van der Waals surface area contributed by atoms with Crippen LogP contribution in [0.4, 0.5) is 11.4 Å². The summed E-state index contributed by atoms with van der Waals surface area (Å²) in [4.78, 5) is 14.9. The summed E-state index contributed by atoms with van der Waals surface area (Å²) in [6.45, 7) is 7.31. The Hall–Kier alpha value is -3.02. The molecule has 2 heterocycles. The number of halogens is 1. The van der Waals surface area contributed by atoms with E-state index in [1.165, 1.54) is 24.1 Å². The molecule has 2 saturated heterocycles. The van der Waals surface area contributed by atoms with Gasteiger partial charge in [0.05, 0.1) is 12.7 Å². The molecule has 3 atom stereocenters. The Morgan fingerprint density at radius 1 is 1.03 bits per heavy atom. The zero-order valence-corrected chi connectivity index (χ0v) is 23.0. The van der Waals surface area contributed by atoms with E-state index in [1.807, 2.05) is 42.5 Å². The zero-order chi connectivity index (χ0) is 26.5. The van der Waals surface area contributed by atoms with E-state index >= 15 is 0 Å². The standard InChI is InChI=1S/C32H37ClN2O3/c1-22(2)30-19-25(23-7-5-9-26(33)17-23)20-38-32(30)24-8-6-10-29(18-24)37-21-31(36)34-27-11-13-28(14-12-27)35-15-3-4-16-35/h5-14,17-18,22,25,30,32H,3-4,15-16,19-21H2,1-2H3,(H,34,36)/t25-,30-,32-/m0/s1. The number of hydrogen-bond donors (Lipinski definition) is 1. The van der Waals surface area contributed by atoms with E-state index < -0.39 is 0 Å². The maximum Gasteiger partial charge on any atom is 0.262 e. The lowest BCUT2D eigenvalue weighted by Crippen LogP contribution is -2.31. The fourth-order valence-corrected chi connectivity index (χ4v) is 5.88. The van der Waals surface area contributed by atoms with E-state index in [-0.39, 0.29) is 18.6 Å². The van der Waals surface area contributed by atoms with Crippen molar-refractivity contribution in [3.63, 3.8) is 0 Å². The third-order valence-electron chi connectivity index (χ3n) is 7.78. The maximum absolute atomic E-state index is 12.6. The Labute approximate surface area is 231 Å². The largest absolute Gasteiger partial charge is 0.484 e. The van der Waals surface area contributed by atoms with Gasteiger partial charge < -0.3 is 19.7 Å². The third kappa shape index (κ3) is 6.51. The minimum absolute atomic E-state index is 0.0167. The summed E-state index contributed by atoms with van der Waals surface area (Å²) in [5.41, 5.74) is 4.30. The number of nitrogens with one attached hydrogen (secondary N) is 1. The predicted octanol–water partition coefficient (Wildman–Crippen LogP) is 7.48. The molecule has 2 aliphatic heterocycles. The van der Waals surface area contributed by atoms with Crippen LogP contribution >= 0.6 is 11.6 Å². The van der Waals surface area contributed by atoms with Crippen LogP contribution in [0, 0.1) is 11.8 Å². The van der Waals surface area contributed by atoms with Crippen LogP contribution in [-0.2, 0) is 9.53 Å². The number of amides is 1. The second-order valence-corrected chi connectivity index (χ2v) is 11.2. The van der Waals surface area contributed by atoms with Crippen LogP contribution < -0.4 is 15.0 Å². The third-order valence-corrected chi connectivity index (χ3v) is 8.01. The number of ether oxygens (including phenoxy) is 2. The normalized spacial score (nSPS) is 21.5. The van der Waals surface area contributed by atoms with Crippen LogP contribution in [-0.4, -0.2) is 32.2 Å². The van der Waals surface area contributed by atoms with Crippen LogP contribution in [0.5, 0.6) is 5.75 Å². The van der Waals surface area contributed by atoms with Crippen LogP contribution in [0.3, 0.4) is 0 Å². The Morgan fingerprint density at radius 3 is 2.50 bits per heavy atom. The van der Waals surface area contributed by atoms with Crippen molar-refractivity contribution in [1.29, 1.82) is 0 Å². The molecule has 2 fully saturated rings. The van der Waals surface area contributed by atoms with Crippen LogP contribution in [0.2, 0.25) is 5.02 Å². The minimum atomic E-state index is -0.178. The molecule has 0 aromatic heterocycles. The van der Waals surface area contributed by atoms with Crippen molar-refractivity contribution in [1.82, 2.24) is 0 Å². The molecule has 0 saturated carbocycles. The van der Waals surface area contributed by atoms with Crippen molar-refractivity contribution in [3.05, 3.63) is 88.9 Å². The Bertz CT molecular complexity index is 1220. The first kappa shape index (κ1) is 26.6. The lowest BCUT2D eigenvalue weighted by Gasteiger charge is -2.39. The average Bonchev–Trinajstić information content (AvgIpc) is 3.47. The van der Waals surface area contributed by atoms with Gasteiger partial charge in [-0.05, 0) is 90.8 Å². The van der Waals surface area contributed by atoms with Crippen molar-refractivity contribution in [2.24, 2.45) is 11.8 Å². The number of anilines is 2. The summed E-state index contributed by atoms with van der Waals surface area (Å²) in [5.74, 6) is 1.63. The fourth-order valence-electron chi connectivity index (χ4n) is 5.68. The molecule has 0 radical (unpaired) electrons. The highest BCUT2D eigenvalue weighted by molar-refractivity contribution is 6.30. The molecule has 0 bridgehead atoms. The molecule has 3 aromatic rings. The summed E-state index contributed by atoms with van der Waals surface area (Å²) < 4.78 is 12.4. The molecule has 5 rings (SSSR count). The van der Waals surface area contributed by atoms with Gasteiger partial charge in [0, 0.05) is 35.4 Å². The second kappa shape index (κ2) is 12.2. The highest BCUT2D eigenvalue weighted by Crippen LogP contribution is 2.44.